The lowest BCUT2D eigenvalue weighted by Crippen LogP contribution is -2.46. The molecule has 14 heavy (non-hydrogen) atoms. The number of rotatable bonds is 1. The molecule has 76 valence electrons. The van der Waals surface area contributed by atoms with E-state index in [4.69, 9.17) is 0 Å². The molecular weight excluding hydrogens is 174 g/mol. The Morgan fingerprint density at radius 3 is 3.00 bits per heavy atom. The fraction of sp³-hybridized carbons (Fsp3) is 0.545. The smallest absolute Gasteiger partial charge is 0.207 e. The van der Waals surface area contributed by atoms with Gasteiger partial charge < -0.3 is 5.43 Å². The Morgan fingerprint density at radius 1 is 1.50 bits per heavy atom. The second-order valence-electron chi connectivity index (χ2n) is 4.13. The maximum atomic E-state index is 3.45. The molecule has 0 spiro atoms. The highest BCUT2D eigenvalue weighted by Gasteiger charge is 2.22. The Hall–Kier alpha value is -1.09. The van der Waals surface area contributed by atoms with E-state index in [1.807, 2.05) is 0 Å². The molecule has 0 amide bonds. The number of aryl methyl sites for hydroxylation is 1. The van der Waals surface area contributed by atoms with Crippen LogP contribution in [0.1, 0.15) is 19.5 Å². The summed E-state index contributed by atoms with van der Waals surface area (Å²) in [6.07, 6.45) is 3.23. The van der Waals surface area contributed by atoms with Crippen molar-refractivity contribution in [1.29, 1.82) is 0 Å². The molecule has 1 aliphatic rings. The molecular formula is C11H18N3+. The second-order valence-corrected chi connectivity index (χ2v) is 4.13. The number of fused-ring (bicyclic) bond motifs is 1. The van der Waals surface area contributed by atoms with Crippen molar-refractivity contribution in [2.75, 3.05) is 12.0 Å². The maximum Gasteiger partial charge on any atom is 0.207 e. The van der Waals surface area contributed by atoms with Crippen molar-refractivity contribution in [3.8, 4) is 0 Å². The van der Waals surface area contributed by atoms with Crippen molar-refractivity contribution in [2.24, 2.45) is 7.05 Å². The third kappa shape index (κ3) is 1.60. The Morgan fingerprint density at radius 2 is 2.29 bits per heavy atom. The zero-order valence-corrected chi connectivity index (χ0v) is 9.12. The van der Waals surface area contributed by atoms with Gasteiger partial charge in [0, 0.05) is 25.1 Å². The van der Waals surface area contributed by atoms with Gasteiger partial charge in [0.05, 0.1) is 0 Å². The topological polar surface area (TPSA) is 19.1 Å². The van der Waals surface area contributed by atoms with Crippen LogP contribution in [0.5, 0.6) is 0 Å². The van der Waals surface area contributed by atoms with E-state index < -0.39 is 0 Å². The zero-order chi connectivity index (χ0) is 10.1. The van der Waals surface area contributed by atoms with E-state index >= 15 is 0 Å². The van der Waals surface area contributed by atoms with Gasteiger partial charge in [0.15, 0.2) is 6.20 Å². The second kappa shape index (κ2) is 3.58. The average molecular weight is 192 g/mol. The van der Waals surface area contributed by atoms with Crippen LogP contribution in [0, 0.1) is 0 Å². The molecule has 0 bridgehead atoms. The summed E-state index contributed by atoms with van der Waals surface area (Å²) in [4.78, 5) is 0. The summed E-state index contributed by atoms with van der Waals surface area (Å²) in [7, 11) is 2.10. The highest BCUT2D eigenvalue weighted by atomic mass is 15.5. The van der Waals surface area contributed by atoms with Crippen molar-refractivity contribution in [3.63, 3.8) is 0 Å². The van der Waals surface area contributed by atoms with Gasteiger partial charge in [-0.05, 0) is 19.9 Å². The molecule has 1 aliphatic heterocycles. The minimum Gasteiger partial charge on any atom is -0.313 e. The van der Waals surface area contributed by atoms with E-state index in [9.17, 15) is 0 Å². The fourth-order valence-electron chi connectivity index (χ4n) is 1.88. The van der Waals surface area contributed by atoms with Crippen molar-refractivity contribution in [1.82, 2.24) is 5.01 Å². The van der Waals surface area contributed by atoms with Gasteiger partial charge in [0.2, 0.25) is 5.69 Å². The largest absolute Gasteiger partial charge is 0.313 e. The van der Waals surface area contributed by atoms with Gasteiger partial charge in [0.1, 0.15) is 12.7 Å². The van der Waals surface area contributed by atoms with Crippen LogP contribution in [-0.4, -0.2) is 17.6 Å². The molecule has 0 aromatic carbocycles. The molecule has 0 unspecified atom stereocenters. The van der Waals surface area contributed by atoms with Crippen molar-refractivity contribution in [2.45, 2.75) is 26.3 Å². The van der Waals surface area contributed by atoms with Gasteiger partial charge in [0.25, 0.3) is 0 Å². The molecule has 3 nitrogen and oxygen atoms in total. The Labute approximate surface area is 85.3 Å². The lowest BCUT2D eigenvalue weighted by Gasteiger charge is -2.31. The molecule has 1 aromatic heterocycles. The Bertz CT molecular complexity index is 333. The van der Waals surface area contributed by atoms with Crippen LogP contribution >= 0.6 is 0 Å². The number of hydrogen-bond acceptors (Lipinski definition) is 2. The lowest BCUT2D eigenvalue weighted by atomic mass is 10.1. The van der Waals surface area contributed by atoms with Gasteiger partial charge in [-0.3, -0.25) is 0 Å². The third-order valence-electron chi connectivity index (χ3n) is 2.79. The molecule has 0 atom stereocenters. The Balaban J connectivity index is 2.27. The number of nitrogens with zero attached hydrogens (tertiary/aromatic N) is 2. The minimum absolute atomic E-state index is 0.550. The molecule has 0 saturated heterocycles. The summed E-state index contributed by atoms with van der Waals surface area (Å²) in [6.45, 7) is 5.50. The van der Waals surface area contributed by atoms with Crippen molar-refractivity contribution >= 4 is 5.69 Å². The van der Waals surface area contributed by atoms with E-state index in [0.29, 0.717) is 6.04 Å². The molecule has 1 N–H and O–H groups in total. The molecule has 1 aromatic rings. The molecule has 0 radical (unpaired) electrons. The number of pyridine rings is 1. The number of hydrogen-bond donors (Lipinski definition) is 1. The number of anilines is 1. The summed E-state index contributed by atoms with van der Waals surface area (Å²) in [5.41, 5.74) is 6.09. The van der Waals surface area contributed by atoms with Crippen LogP contribution in [0.15, 0.2) is 18.3 Å². The number of hydrazine groups is 1. The Kier molecular flexibility index (Phi) is 2.42. The average Bonchev–Trinajstić information content (AvgIpc) is 2.17. The van der Waals surface area contributed by atoms with Crippen LogP contribution in [0.25, 0.3) is 0 Å². The lowest BCUT2D eigenvalue weighted by molar-refractivity contribution is -0.678. The number of nitrogens with one attached hydrogen (secondary N) is 1. The monoisotopic (exact) mass is 192 g/mol. The van der Waals surface area contributed by atoms with Gasteiger partial charge >= 0.3 is 0 Å². The van der Waals surface area contributed by atoms with Gasteiger partial charge in [-0.2, -0.15) is 0 Å². The van der Waals surface area contributed by atoms with E-state index in [-0.39, 0.29) is 0 Å². The van der Waals surface area contributed by atoms with Crippen LogP contribution in [0.3, 0.4) is 0 Å². The van der Waals surface area contributed by atoms with Gasteiger partial charge in [-0.25, -0.2) is 9.58 Å². The number of aromatic nitrogens is 1. The highest BCUT2D eigenvalue weighted by molar-refractivity contribution is 5.46. The maximum absolute atomic E-state index is 3.45. The summed E-state index contributed by atoms with van der Waals surface area (Å²) in [6, 6.07) is 4.77. The first-order valence-electron chi connectivity index (χ1n) is 5.19. The zero-order valence-electron chi connectivity index (χ0n) is 9.12. The fourth-order valence-corrected chi connectivity index (χ4v) is 1.88. The molecule has 0 saturated carbocycles. The molecule has 0 fully saturated rings. The van der Waals surface area contributed by atoms with E-state index in [0.717, 1.165) is 13.0 Å². The SMILES string of the molecule is CC(C)N1CCc2c(ccc[n+]2C)N1. The van der Waals surface area contributed by atoms with Crippen LogP contribution < -0.4 is 9.99 Å². The highest BCUT2D eigenvalue weighted by Crippen LogP contribution is 2.18. The van der Waals surface area contributed by atoms with Gasteiger partial charge in [-0.15, -0.1) is 0 Å². The van der Waals surface area contributed by atoms with Crippen LogP contribution in [-0.2, 0) is 13.5 Å². The molecule has 2 heterocycles. The van der Waals surface area contributed by atoms with Crippen molar-refractivity contribution < 1.29 is 4.57 Å². The first kappa shape index (κ1) is 9.46. The summed E-state index contributed by atoms with van der Waals surface area (Å²) < 4.78 is 2.19. The normalized spacial score (nSPS) is 16.6. The first-order chi connectivity index (χ1) is 6.68. The quantitative estimate of drug-likeness (QED) is 0.672. The standard InChI is InChI=1S/C11H18N3/c1-9(2)14-8-6-11-10(12-14)5-4-7-13(11)3/h4-5,7,9,12H,6,8H2,1-3H3/q+1. The predicted octanol–water partition coefficient (Wildman–Crippen LogP) is 1.10. The molecule has 2 rings (SSSR count). The molecule has 3 heteroatoms. The summed E-state index contributed by atoms with van der Waals surface area (Å²) >= 11 is 0. The van der Waals surface area contributed by atoms with Crippen molar-refractivity contribution in [3.05, 3.63) is 24.0 Å². The first-order valence-corrected chi connectivity index (χ1v) is 5.19. The molecule has 0 aliphatic carbocycles. The summed E-state index contributed by atoms with van der Waals surface area (Å²) in [5.74, 6) is 0. The van der Waals surface area contributed by atoms with E-state index in [1.54, 1.807) is 0 Å². The minimum atomic E-state index is 0.550. The third-order valence-corrected chi connectivity index (χ3v) is 2.79. The summed E-state index contributed by atoms with van der Waals surface area (Å²) in [5, 5.41) is 2.28. The van der Waals surface area contributed by atoms with Crippen LogP contribution in [0.4, 0.5) is 5.69 Å². The van der Waals surface area contributed by atoms with E-state index in [1.165, 1.54) is 11.4 Å². The van der Waals surface area contributed by atoms with Crippen LogP contribution in [0.2, 0.25) is 0 Å². The predicted molar refractivity (Wildman–Crippen MR) is 56.8 cm³/mol. The van der Waals surface area contributed by atoms with E-state index in [2.05, 4.69) is 54.2 Å². The van der Waals surface area contributed by atoms with Gasteiger partial charge in [-0.1, -0.05) is 0 Å².